The van der Waals surface area contributed by atoms with Gasteiger partial charge in [-0.3, -0.25) is 9.78 Å². The molecule has 0 aromatic carbocycles. The van der Waals surface area contributed by atoms with Crippen molar-refractivity contribution in [3.05, 3.63) is 24.3 Å². The molecule has 86 valence electrons. The van der Waals surface area contributed by atoms with Crippen LogP contribution in [0, 0.1) is 0 Å². The van der Waals surface area contributed by atoms with Crippen molar-refractivity contribution in [2.45, 2.75) is 26.0 Å². The fourth-order valence-electron chi connectivity index (χ4n) is 1.74. The Balaban J connectivity index is 2.15. The van der Waals surface area contributed by atoms with E-state index >= 15 is 0 Å². The molecular weight excluding hydrogens is 206 g/mol. The van der Waals surface area contributed by atoms with Crippen molar-refractivity contribution in [1.82, 2.24) is 14.9 Å². The Bertz CT molecular complexity index is 369. The summed E-state index contributed by atoms with van der Waals surface area (Å²) in [6.45, 7) is 5.12. The van der Waals surface area contributed by atoms with Crippen LogP contribution in [0.15, 0.2) is 18.6 Å². The van der Waals surface area contributed by atoms with Crippen molar-refractivity contribution in [2.75, 3.05) is 13.2 Å². The first-order chi connectivity index (χ1) is 7.68. The van der Waals surface area contributed by atoms with Gasteiger partial charge in [0.05, 0.1) is 24.9 Å². The third kappa shape index (κ3) is 2.19. The Morgan fingerprint density at radius 3 is 3.00 bits per heavy atom. The summed E-state index contributed by atoms with van der Waals surface area (Å²) in [6.07, 6.45) is 4.66. The maximum Gasteiger partial charge on any atom is 0.274 e. The number of morpholine rings is 1. The van der Waals surface area contributed by atoms with Crippen LogP contribution in [0.3, 0.4) is 0 Å². The number of hydrogen-bond acceptors (Lipinski definition) is 4. The first kappa shape index (κ1) is 11.0. The molecule has 0 spiro atoms. The van der Waals surface area contributed by atoms with E-state index in [1.807, 2.05) is 13.8 Å². The summed E-state index contributed by atoms with van der Waals surface area (Å²) < 4.78 is 5.48. The van der Waals surface area contributed by atoms with Crippen molar-refractivity contribution in [1.29, 1.82) is 0 Å². The predicted molar refractivity (Wildman–Crippen MR) is 57.9 cm³/mol. The van der Waals surface area contributed by atoms with Crippen LogP contribution in [0.2, 0.25) is 0 Å². The zero-order valence-electron chi connectivity index (χ0n) is 9.46. The zero-order valence-corrected chi connectivity index (χ0v) is 9.46. The first-order valence-corrected chi connectivity index (χ1v) is 5.37. The predicted octanol–water partition coefficient (Wildman–Crippen LogP) is 0.726. The molecule has 1 fully saturated rings. The largest absolute Gasteiger partial charge is 0.375 e. The lowest BCUT2D eigenvalue weighted by molar-refractivity contribution is -0.0389. The van der Waals surface area contributed by atoms with Crippen LogP contribution in [0.25, 0.3) is 0 Å². The third-order valence-electron chi connectivity index (χ3n) is 2.65. The number of aromatic nitrogens is 2. The van der Waals surface area contributed by atoms with E-state index in [2.05, 4.69) is 9.97 Å². The smallest absolute Gasteiger partial charge is 0.274 e. The van der Waals surface area contributed by atoms with Gasteiger partial charge in [-0.15, -0.1) is 0 Å². The van der Waals surface area contributed by atoms with E-state index in [9.17, 15) is 4.79 Å². The summed E-state index contributed by atoms with van der Waals surface area (Å²) in [5.74, 6) is -0.0734. The summed E-state index contributed by atoms with van der Waals surface area (Å²) in [5, 5.41) is 0. The van der Waals surface area contributed by atoms with E-state index < -0.39 is 0 Å². The normalized spacial score (nSPS) is 25.5. The van der Waals surface area contributed by atoms with E-state index in [1.54, 1.807) is 11.1 Å². The molecule has 2 atom stereocenters. The lowest BCUT2D eigenvalue weighted by Crippen LogP contribution is -2.50. The molecule has 0 bridgehead atoms. The van der Waals surface area contributed by atoms with Crippen molar-refractivity contribution in [3.63, 3.8) is 0 Å². The number of rotatable bonds is 1. The van der Waals surface area contributed by atoms with Gasteiger partial charge < -0.3 is 9.64 Å². The van der Waals surface area contributed by atoms with Gasteiger partial charge in [-0.2, -0.15) is 0 Å². The highest BCUT2D eigenvalue weighted by Crippen LogP contribution is 2.13. The SMILES string of the molecule is C[C@@H]1CN(C(=O)c2cnccn2)[C@@H](C)CO1. The van der Waals surface area contributed by atoms with Gasteiger partial charge in [0.2, 0.25) is 0 Å². The molecule has 1 aromatic rings. The van der Waals surface area contributed by atoms with Crippen LogP contribution in [-0.2, 0) is 4.74 Å². The minimum Gasteiger partial charge on any atom is -0.375 e. The Morgan fingerprint density at radius 1 is 1.50 bits per heavy atom. The monoisotopic (exact) mass is 221 g/mol. The molecule has 1 saturated heterocycles. The van der Waals surface area contributed by atoms with Crippen molar-refractivity contribution < 1.29 is 9.53 Å². The van der Waals surface area contributed by atoms with E-state index in [0.717, 1.165) is 0 Å². The maximum absolute atomic E-state index is 12.1. The van der Waals surface area contributed by atoms with Gasteiger partial charge in [-0.05, 0) is 13.8 Å². The zero-order chi connectivity index (χ0) is 11.5. The Kier molecular flexibility index (Phi) is 3.14. The molecular formula is C11H15N3O2. The second-order valence-electron chi connectivity index (χ2n) is 4.04. The van der Waals surface area contributed by atoms with Gasteiger partial charge in [0.1, 0.15) is 5.69 Å². The fourth-order valence-corrected chi connectivity index (χ4v) is 1.74. The second kappa shape index (κ2) is 4.57. The van der Waals surface area contributed by atoms with Crippen LogP contribution >= 0.6 is 0 Å². The lowest BCUT2D eigenvalue weighted by atomic mass is 10.2. The highest BCUT2D eigenvalue weighted by atomic mass is 16.5. The number of hydrogen-bond donors (Lipinski definition) is 0. The summed E-state index contributed by atoms with van der Waals surface area (Å²) in [4.78, 5) is 21.8. The third-order valence-corrected chi connectivity index (χ3v) is 2.65. The Labute approximate surface area is 94.5 Å². The quantitative estimate of drug-likeness (QED) is 0.701. The highest BCUT2D eigenvalue weighted by molar-refractivity contribution is 5.92. The van der Waals surface area contributed by atoms with Crippen LogP contribution < -0.4 is 0 Å². The number of carbonyl (C=O) groups excluding carboxylic acids is 1. The summed E-state index contributed by atoms with van der Waals surface area (Å²) in [7, 11) is 0. The molecule has 2 rings (SSSR count). The van der Waals surface area contributed by atoms with E-state index in [-0.39, 0.29) is 18.1 Å². The first-order valence-electron chi connectivity index (χ1n) is 5.37. The van der Waals surface area contributed by atoms with Gasteiger partial charge in [0.25, 0.3) is 5.91 Å². The second-order valence-corrected chi connectivity index (χ2v) is 4.04. The van der Waals surface area contributed by atoms with E-state index in [1.165, 1.54) is 12.4 Å². The number of nitrogens with zero attached hydrogens (tertiary/aromatic N) is 3. The minimum absolute atomic E-state index is 0.0734. The molecule has 0 aliphatic carbocycles. The molecule has 2 heterocycles. The topological polar surface area (TPSA) is 55.3 Å². The standard InChI is InChI=1S/C11H15N3O2/c1-8-7-16-9(2)6-14(8)11(15)10-5-12-3-4-13-10/h3-5,8-9H,6-7H2,1-2H3/t8-,9+/m0/s1. The van der Waals surface area contributed by atoms with Crippen molar-refractivity contribution in [3.8, 4) is 0 Å². The summed E-state index contributed by atoms with van der Waals surface area (Å²) in [5.41, 5.74) is 0.392. The molecule has 0 saturated carbocycles. The number of amides is 1. The highest BCUT2D eigenvalue weighted by Gasteiger charge is 2.28. The minimum atomic E-state index is -0.0734. The molecule has 0 unspecified atom stereocenters. The van der Waals surface area contributed by atoms with Gasteiger partial charge >= 0.3 is 0 Å². The number of ether oxygens (including phenoxy) is 1. The lowest BCUT2D eigenvalue weighted by Gasteiger charge is -2.36. The average Bonchev–Trinajstić information content (AvgIpc) is 2.32. The molecule has 1 aromatic heterocycles. The van der Waals surface area contributed by atoms with Crippen LogP contribution in [0.1, 0.15) is 24.3 Å². The molecule has 0 N–H and O–H groups in total. The van der Waals surface area contributed by atoms with Gasteiger partial charge in [0, 0.05) is 18.9 Å². The van der Waals surface area contributed by atoms with E-state index in [4.69, 9.17) is 4.74 Å². The average molecular weight is 221 g/mol. The van der Waals surface area contributed by atoms with Gasteiger partial charge in [-0.1, -0.05) is 0 Å². The Hall–Kier alpha value is -1.49. The van der Waals surface area contributed by atoms with Crippen molar-refractivity contribution >= 4 is 5.91 Å². The van der Waals surface area contributed by atoms with E-state index in [0.29, 0.717) is 18.8 Å². The van der Waals surface area contributed by atoms with Crippen LogP contribution in [-0.4, -0.2) is 46.1 Å². The molecule has 5 heteroatoms. The molecule has 5 nitrogen and oxygen atoms in total. The Morgan fingerprint density at radius 2 is 2.31 bits per heavy atom. The summed E-state index contributed by atoms with van der Waals surface area (Å²) in [6, 6.07) is 0.0886. The fraction of sp³-hybridized carbons (Fsp3) is 0.545. The molecule has 1 aliphatic rings. The molecule has 1 aliphatic heterocycles. The van der Waals surface area contributed by atoms with Crippen LogP contribution in [0.5, 0.6) is 0 Å². The maximum atomic E-state index is 12.1. The molecule has 16 heavy (non-hydrogen) atoms. The van der Waals surface area contributed by atoms with Crippen molar-refractivity contribution in [2.24, 2.45) is 0 Å². The molecule has 0 radical (unpaired) electrons. The van der Waals surface area contributed by atoms with Gasteiger partial charge in [-0.25, -0.2) is 4.98 Å². The number of carbonyl (C=O) groups is 1. The van der Waals surface area contributed by atoms with Crippen LogP contribution in [0.4, 0.5) is 0 Å². The molecule has 1 amide bonds. The van der Waals surface area contributed by atoms with Gasteiger partial charge in [0.15, 0.2) is 0 Å². The summed E-state index contributed by atoms with van der Waals surface area (Å²) >= 11 is 0.